The van der Waals surface area contributed by atoms with E-state index in [9.17, 15) is 0 Å². The van der Waals surface area contributed by atoms with E-state index in [2.05, 4.69) is 25.3 Å². The van der Waals surface area contributed by atoms with Crippen LogP contribution in [0.3, 0.4) is 0 Å². The Kier molecular flexibility index (Phi) is 30.3. The van der Waals surface area contributed by atoms with E-state index in [4.69, 9.17) is 5.41 Å². The van der Waals surface area contributed by atoms with Crippen molar-refractivity contribution < 1.29 is 103 Å². The maximum Gasteiger partial charge on any atom is 1.00 e. The van der Waals surface area contributed by atoms with Gasteiger partial charge in [-0.1, -0.05) is 0 Å². The number of hydrogen-bond donors (Lipinski definition) is 1. The van der Waals surface area contributed by atoms with Gasteiger partial charge in [0.05, 0.1) is 0 Å². The van der Waals surface area contributed by atoms with Gasteiger partial charge in [0.15, 0.2) is 0 Å². The van der Waals surface area contributed by atoms with Gasteiger partial charge in [0.2, 0.25) is 0 Å². The molecule has 0 aliphatic heterocycles. The largest absolute Gasteiger partial charge is 1.00 e. The standard InChI is InChI=1S/CH3NS2.2K/c2-1(3)4;;/h(H3,2,3,4);;/q;2*+1/p-2. The predicted octanol–water partition coefficient (Wildman–Crippen LogP) is -5.98. The van der Waals surface area contributed by atoms with Gasteiger partial charge in [-0.15, -0.1) is 0 Å². The fraction of sp³-hybridized carbons (Fsp3) is 0. The fourth-order valence-corrected chi connectivity index (χ4v) is 0. The monoisotopic (exact) mass is 169 g/mol. The molecule has 0 aromatic carbocycles. The summed E-state index contributed by atoms with van der Waals surface area (Å²) in [5.74, 6) is 0. The molecule has 1 nitrogen and oxygen atoms in total. The molecule has 0 radical (unpaired) electrons. The molecule has 0 bridgehead atoms. The van der Waals surface area contributed by atoms with Crippen LogP contribution in [0.5, 0.6) is 0 Å². The maximum absolute atomic E-state index is 6.13. The van der Waals surface area contributed by atoms with Gasteiger partial charge in [0.1, 0.15) is 0 Å². The molecule has 0 aromatic heterocycles. The number of rotatable bonds is 0. The number of hydrogen-bond acceptors (Lipinski definition) is 3. The van der Waals surface area contributed by atoms with Crippen molar-refractivity contribution in [3.05, 3.63) is 0 Å². The van der Waals surface area contributed by atoms with Crippen LogP contribution < -0.4 is 103 Å². The summed E-state index contributed by atoms with van der Waals surface area (Å²) in [7, 11) is 0. The molecule has 0 amide bonds. The van der Waals surface area contributed by atoms with E-state index in [0.29, 0.717) is 0 Å². The average Bonchev–Trinajstić information content (AvgIpc) is 0.811. The summed E-state index contributed by atoms with van der Waals surface area (Å²) >= 11 is 8.04. The molecule has 0 atom stereocenters. The molecule has 0 saturated carbocycles. The molecule has 1 N–H and O–H groups in total. The molecular weight excluding hydrogens is 168 g/mol. The third-order valence-electron chi connectivity index (χ3n) is 0. The summed E-state index contributed by atoms with van der Waals surface area (Å²) in [5, 5.41) is 6.13. The van der Waals surface area contributed by atoms with E-state index in [1.165, 1.54) is 0 Å². The Morgan fingerprint density at radius 2 is 1.17 bits per heavy atom. The van der Waals surface area contributed by atoms with E-state index in [-0.39, 0.29) is 107 Å². The van der Waals surface area contributed by atoms with Gasteiger partial charge >= 0.3 is 103 Å². The van der Waals surface area contributed by atoms with Crippen molar-refractivity contribution in [2.75, 3.05) is 0 Å². The zero-order valence-electron chi connectivity index (χ0n) is 3.82. The van der Waals surface area contributed by atoms with Gasteiger partial charge in [0.25, 0.3) is 0 Å². The van der Waals surface area contributed by atoms with Crippen LogP contribution in [-0.2, 0) is 25.3 Å². The van der Waals surface area contributed by atoms with E-state index in [1.807, 2.05) is 0 Å². The molecule has 0 aliphatic rings. The molecule has 0 heterocycles. The van der Waals surface area contributed by atoms with Crippen LogP contribution in [0.4, 0.5) is 0 Å². The molecule has 24 valence electrons. The molecule has 5 heteroatoms. The first-order valence-electron chi connectivity index (χ1n) is 0.658. The van der Waals surface area contributed by atoms with Gasteiger partial charge in [-0.3, -0.25) is 0 Å². The predicted molar refractivity (Wildman–Crippen MR) is 22.5 cm³/mol. The Bertz CT molecular complexity index is 34.5. The Morgan fingerprint density at radius 3 is 1.17 bits per heavy atom. The molecule has 0 unspecified atom stereocenters. The maximum atomic E-state index is 6.13. The zero-order chi connectivity index (χ0) is 3.58. The first kappa shape index (κ1) is 16.2. The van der Waals surface area contributed by atoms with Gasteiger partial charge < -0.3 is 30.7 Å². The normalized spacial score (nSPS) is 4.00. The van der Waals surface area contributed by atoms with Crippen molar-refractivity contribution in [2.24, 2.45) is 0 Å². The Balaban J connectivity index is -0.0000000450. The average molecular weight is 169 g/mol. The summed E-state index contributed by atoms with van der Waals surface area (Å²) in [5.41, 5.74) is 0. The summed E-state index contributed by atoms with van der Waals surface area (Å²) < 4.78 is -0.167. The molecule has 0 rings (SSSR count). The van der Waals surface area contributed by atoms with Gasteiger partial charge in [-0.25, -0.2) is 4.38 Å². The molecule has 0 saturated heterocycles. The minimum Gasteiger partial charge on any atom is -0.789 e. The minimum absolute atomic E-state index is 0. The molecule has 6 heavy (non-hydrogen) atoms. The zero-order valence-corrected chi connectivity index (χ0v) is 11.7. The summed E-state index contributed by atoms with van der Waals surface area (Å²) in [4.78, 5) is 0. The summed E-state index contributed by atoms with van der Waals surface area (Å²) in [6.07, 6.45) is 0. The Morgan fingerprint density at radius 1 is 1.17 bits per heavy atom. The van der Waals surface area contributed by atoms with Crippen LogP contribution in [0.25, 0.3) is 0 Å². The molecule has 0 aliphatic carbocycles. The third-order valence-corrected chi connectivity index (χ3v) is 0. The van der Waals surface area contributed by atoms with Crippen LogP contribution >= 0.6 is 0 Å². The quantitative estimate of drug-likeness (QED) is 0.169. The van der Waals surface area contributed by atoms with Crippen LogP contribution in [0.15, 0.2) is 0 Å². The van der Waals surface area contributed by atoms with Crippen LogP contribution in [0, 0.1) is 5.41 Å². The molecule has 0 aromatic rings. The van der Waals surface area contributed by atoms with Crippen LogP contribution in [0.1, 0.15) is 0 Å². The van der Waals surface area contributed by atoms with Crippen LogP contribution in [-0.4, -0.2) is 4.38 Å². The second-order valence-electron chi connectivity index (χ2n) is 0.287. The summed E-state index contributed by atoms with van der Waals surface area (Å²) in [6.45, 7) is 0. The van der Waals surface area contributed by atoms with Gasteiger partial charge in [-0.2, -0.15) is 0 Å². The topological polar surface area (TPSA) is 23.9 Å². The third kappa shape index (κ3) is 26.3. The minimum atomic E-state index is -0.167. The van der Waals surface area contributed by atoms with Crippen molar-refractivity contribution in [3.8, 4) is 0 Å². The molecule has 0 fully saturated rings. The van der Waals surface area contributed by atoms with Crippen LogP contribution in [0.2, 0.25) is 0 Å². The Hall–Kier alpha value is 3.38. The summed E-state index contributed by atoms with van der Waals surface area (Å²) in [6, 6.07) is 0. The molecular formula is CHK2NS2. The van der Waals surface area contributed by atoms with Crippen molar-refractivity contribution in [1.82, 2.24) is 0 Å². The molecule has 0 spiro atoms. The Labute approximate surface area is 134 Å². The van der Waals surface area contributed by atoms with Crippen molar-refractivity contribution in [1.29, 1.82) is 5.41 Å². The second kappa shape index (κ2) is 11.2. The van der Waals surface area contributed by atoms with E-state index >= 15 is 0 Å². The van der Waals surface area contributed by atoms with E-state index in [0.717, 1.165) is 0 Å². The van der Waals surface area contributed by atoms with Gasteiger partial charge in [0, 0.05) is 0 Å². The van der Waals surface area contributed by atoms with Crippen molar-refractivity contribution >= 4 is 29.6 Å². The fourth-order valence-electron chi connectivity index (χ4n) is 0. The number of nitrogens with one attached hydrogen (secondary N) is 1. The van der Waals surface area contributed by atoms with E-state index < -0.39 is 0 Å². The van der Waals surface area contributed by atoms with Gasteiger partial charge in [-0.05, 0) is 0 Å². The van der Waals surface area contributed by atoms with E-state index in [1.54, 1.807) is 0 Å². The van der Waals surface area contributed by atoms with Crippen molar-refractivity contribution in [2.45, 2.75) is 0 Å². The second-order valence-corrected chi connectivity index (χ2v) is 1.36. The van der Waals surface area contributed by atoms with Crippen molar-refractivity contribution in [3.63, 3.8) is 0 Å². The first-order chi connectivity index (χ1) is 1.73. The SMILES string of the molecule is N=C([S-])[S-].[K+].[K+]. The first-order valence-corrected chi connectivity index (χ1v) is 1.47. The smallest absolute Gasteiger partial charge is 0.789 e.